The molecule has 1 nitrogen and oxygen atoms in total. The molecule has 0 bridgehead atoms. The van der Waals surface area contributed by atoms with E-state index < -0.39 is 0 Å². The van der Waals surface area contributed by atoms with Crippen LogP contribution < -0.4 is 4.74 Å². The molecular weight excluding hydrogens is 356 g/mol. The standard InChI is InChI=1S/C15H22Br2O/c1-13(2)15(11-16,12-17)9-6-10-18-14-7-4-3-5-8-14/h3-5,7-8,13H,6,9-12H2,1-2H3. The zero-order valence-electron chi connectivity index (χ0n) is 11.2. The van der Waals surface area contributed by atoms with Gasteiger partial charge in [-0.25, -0.2) is 0 Å². The molecule has 0 spiro atoms. The van der Waals surface area contributed by atoms with Crippen molar-refractivity contribution in [2.75, 3.05) is 17.3 Å². The molecule has 0 aliphatic carbocycles. The van der Waals surface area contributed by atoms with E-state index in [1.54, 1.807) is 0 Å². The van der Waals surface area contributed by atoms with Gasteiger partial charge in [0.1, 0.15) is 5.75 Å². The van der Waals surface area contributed by atoms with Crippen molar-refractivity contribution < 1.29 is 4.74 Å². The number of ether oxygens (including phenoxy) is 1. The highest BCUT2D eigenvalue weighted by molar-refractivity contribution is 9.09. The summed E-state index contributed by atoms with van der Waals surface area (Å²) in [6.07, 6.45) is 2.26. The van der Waals surface area contributed by atoms with Gasteiger partial charge in [0.2, 0.25) is 0 Å². The van der Waals surface area contributed by atoms with E-state index in [0.717, 1.165) is 29.4 Å². The molecule has 3 heteroatoms. The first-order valence-electron chi connectivity index (χ1n) is 6.44. The summed E-state index contributed by atoms with van der Waals surface area (Å²) in [7, 11) is 0. The minimum Gasteiger partial charge on any atom is -0.494 e. The molecule has 0 atom stereocenters. The van der Waals surface area contributed by atoms with Gasteiger partial charge in [-0.05, 0) is 36.3 Å². The normalized spacial score (nSPS) is 11.8. The van der Waals surface area contributed by atoms with Gasteiger partial charge in [-0.3, -0.25) is 0 Å². The van der Waals surface area contributed by atoms with Crippen molar-refractivity contribution in [2.24, 2.45) is 11.3 Å². The summed E-state index contributed by atoms with van der Waals surface area (Å²) >= 11 is 7.32. The van der Waals surface area contributed by atoms with Crippen molar-refractivity contribution in [1.82, 2.24) is 0 Å². The van der Waals surface area contributed by atoms with Crippen LogP contribution in [0.4, 0.5) is 0 Å². The average molecular weight is 378 g/mol. The molecule has 0 heterocycles. The fourth-order valence-corrected chi connectivity index (χ4v) is 4.68. The quantitative estimate of drug-likeness (QED) is 0.442. The maximum Gasteiger partial charge on any atom is 0.119 e. The Bertz CT molecular complexity index is 321. The molecule has 102 valence electrons. The van der Waals surface area contributed by atoms with Crippen LogP contribution in [-0.2, 0) is 0 Å². The van der Waals surface area contributed by atoms with Crippen molar-refractivity contribution >= 4 is 31.9 Å². The lowest BCUT2D eigenvalue weighted by Crippen LogP contribution is -2.31. The van der Waals surface area contributed by atoms with Gasteiger partial charge in [-0.2, -0.15) is 0 Å². The van der Waals surface area contributed by atoms with E-state index in [9.17, 15) is 0 Å². The van der Waals surface area contributed by atoms with E-state index >= 15 is 0 Å². The van der Waals surface area contributed by atoms with Crippen LogP contribution in [0.15, 0.2) is 30.3 Å². The molecule has 0 N–H and O–H groups in total. The van der Waals surface area contributed by atoms with E-state index in [1.165, 1.54) is 6.42 Å². The van der Waals surface area contributed by atoms with Gasteiger partial charge in [-0.15, -0.1) is 0 Å². The third-order valence-corrected chi connectivity index (χ3v) is 5.82. The predicted molar refractivity (Wildman–Crippen MR) is 86.0 cm³/mol. The highest BCUT2D eigenvalue weighted by Gasteiger charge is 2.30. The Morgan fingerprint density at radius 2 is 1.72 bits per heavy atom. The maximum absolute atomic E-state index is 5.74. The monoisotopic (exact) mass is 376 g/mol. The zero-order valence-corrected chi connectivity index (χ0v) is 14.3. The molecule has 0 aliphatic heterocycles. The lowest BCUT2D eigenvalue weighted by Gasteiger charge is -2.34. The summed E-state index contributed by atoms with van der Waals surface area (Å²) < 4.78 is 5.74. The summed E-state index contributed by atoms with van der Waals surface area (Å²) in [4.78, 5) is 0. The topological polar surface area (TPSA) is 9.23 Å². The fraction of sp³-hybridized carbons (Fsp3) is 0.600. The highest BCUT2D eigenvalue weighted by Crippen LogP contribution is 2.36. The molecule has 0 aliphatic rings. The molecule has 1 aromatic carbocycles. The number of rotatable bonds is 8. The van der Waals surface area contributed by atoms with E-state index in [0.29, 0.717) is 11.3 Å². The van der Waals surface area contributed by atoms with Gasteiger partial charge in [0, 0.05) is 10.7 Å². The molecule has 0 unspecified atom stereocenters. The third-order valence-electron chi connectivity index (χ3n) is 3.59. The molecule has 0 fully saturated rings. The van der Waals surface area contributed by atoms with Crippen LogP contribution in [0.1, 0.15) is 26.7 Å². The lowest BCUT2D eigenvalue weighted by molar-refractivity contribution is 0.213. The zero-order chi connectivity index (χ0) is 13.4. The summed E-state index contributed by atoms with van der Waals surface area (Å²) in [6, 6.07) is 10.0. The van der Waals surface area contributed by atoms with Crippen LogP contribution in [0.3, 0.4) is 0 Å². The number of hydrogen-bond donors (Lipinski definition) is 0. The minimum atomic E-state index is 0.333. The van der Waals surface area contributed by atoms with E-state index in [4.69, 9.17) is 4.74 Å². The second-order valence-electron chi connectivity index (χ2n) is 5.05. The summed E-state index contributed by atoms with van der Waals surface area (Å²) in [5.41, 5.74) is 0.333. The van der Waals surface area contributed by atoms with Crippen LogP contribution in [0.2, 0.25) is 0 Å². The lowest BCUT2D eigenvalue weighted by atomic mass is 9.77. The first kappa shape index (κ1) is 16.0. The summed E-state index contributed by atoms with van der Waals surface area (Å²) in [6.45, 7) is 5.37. The fourth-order valence-electron chi connectivity index (χ4n) is 1.90. The van der Waals surface area contributed by atoms with Gasteiger partial charge in [0.25, 0.3) is 0 Å². The number of alkyl halides is 2. The van der Waals surface area contributed by atoms with Crippen LogP contribution in [-0.4, -0.2) is 17.3 Å². The van der Waals surface area contributed by atoms with Gasteiger partial charge in [0.15, 0.2) is 0 Å². The molecule has 0 amide bonds. The van der Waals surface area contributed by atoms with Crippen molar-refractivity contribution in [3.8, 4) is 5.75 Å². The number of benzene rings is 1. The Hall–Kier alpha value is -0.0200. The van der Waals surface area contributed by atoms with Crippen molar-refractivity contribution in [3.05, 3.63) is 30.3 Å². The minimum absolute atomic E-state index is 0.333. The average Bonchev–Trinajstić information content (AvgIpc) is 2.40. The number of para-hydroxylation sites is 1. The van der Waals surface area contributed by atoms with Crippen LogP contribution >= 0.6 is 31.9 Å². The van der Waals surface area contributed by atoms with E-state index in [2.05, 4.69) is 45.7 Å². The smallest absolute Gasteiger partial charge is 0.119 e. The molecule has 0 radical (unpaired) electrons. The van der Waals surface area contributed by atoms with Gasteiger partial charge in [0.05, 0.1) is 6.61 Å². The first-order chi connectivity index (χ1) is 8.64. The van der Waals surface area contributed by atoms with Gasteiger partial charge in [-0.1, -0.05) is 63.9 Å². The summed E-state index contributed by atoms with van der Waals surface area (Å²) in [5, 5.41) is 2.07. The Kier molecular flexibility index (Phi) is 7.31. The Balaban J connectivity index is 2.36. The van der Waals surface area contributed by atoms with Crippen molar-refractivity contribution in [1.29, 1.82) is 0 Å². The second kappa shape index (κ2) is 8.21. The molecule has 0 saturated heterocycles. The number of hydrogen-bond acceptors (Lipinski definition) is 1. The molecular formula is C15H22Br2O. The van der Waals surface area contributed by atoms with Crippen LogP contribution in [0, 0.1) is 11.3 Å². The molecule has 1 rings (SSSR count). The van der Waals surface area contributed by atoms with Crippen LogP contribution in [0.25, 0.3) is 0 Å². The van der Waals surface area contributed by atoms with E-state index in [1.807, 2.05) is 30.3 Å². The van der Waals surface area contributed by atoms with Crippen LogP contribution in [0.5, 0.6) is 5.75 Å². The molecule has 1 aromatic rings. The highest BCUT2D eigenvalue weighted by atomic mass is 79.9. The predicted octanol–water partition coefficient (Wildman–Crippen LogP) is 5.28. The largest absolute Gasteiger partial charge is 0.494 e. The maximum atomic E-state index is 5.74. The van der Waals surface area contributed by atoms with Gasteiger partial charge >= 0.3 is 0 Å². The van der Waals surface area contributed by atoms with E-state index in [-0.39, 0.29) is 0 Å². The Morgan fingerprint density at radius 1 is 1.11 bits per heavy atom. The SMILES string of the molecule is CC(C)C(CBr)(CBr)CCCOc1ccccc1. The van der Waals surface area contributed by atoms with Gasteiger partial charge < -0.3 is 4.74 Å². The third kappa shape index (κ3) is 4.58. The first-order valence-corrected chi connectivity index (χ1v) is 8.68. The van der Waals surface area contributed by atoms with Crippen molar-refractivity contribution in [3.63, 3.8) is 0 Å². The molecule has 18 heavy (non-hydrogen) atoms. The molecule has 0 aromatic heterocycles. The Labute approximate surface area is 128 Å². The second-order valence-corrected chi connectivity index (χ2v) is 6.17. The van der Waals surface area contributed by atoms with Crippen molar-refractivity contribution in [2.45, 2.75) is 26.7 Å². The Morgan fingerprint density at radius 3 is 2.22 bits per heavy atom. The number of halogens is 2. The molecule has 0 saturated carbocycles. The summed E-state index contributed by atoms with van der Waals surface area (Å²) in [5.74, 6) is 1.62.